The number of aromatic nitrogens is 2. The van der Waals surface area contributed by atoms with Crippen molar-refractivity contribution < 1.29 is 17.6 Å². The van der Waals surface area contributed by atoms with Crippen molar-refractivity contribution in [3.05, 3.63) is 77.1 Å². The Hall–Kier alpha value is -3.20. The normalized spacial score (nSPS) is 13.5. The van der Waals surface area contributed by atoms with E-state index in [1.807, 2.05) is 6.20 Å². The van der Waals surface area contributed by atoms with E-state index in [9.17, 15) is 17.6 Å². The molecule has 2 aromatic carbocycles. The van der Waals surface area contributed by atoms with E-state index in [0.29, 0.717) is 17.8 Å². The molecular weight excluding hydrogens is 419 g/mol. The number of aryl methyl sites for hydroxylation is 3. The molecule has 0 saturated carbocycles. The Morgan fingerprint density at radius 3 is 2.65 bits per heavy atom. The van der Waals surface area contributed by atoms with Crippen LogP contribution in [0.5, 0.6) is 0 Å². The molecule has 3 aromatic rings. The van der Waals surface area contributed by atoms with Gasteiger partial charge in [0.2, 0.25) is 0 Å². The predicted octanol–water partition coefficient (Wildman–Crippen LogP) is 3.40. The highest BCUT2D eigenvalue weighted by Gasteiger charge is 2.16. The smallest absolute Gasteiger partial charge is 0.261 e. The number of carbonyl (C=O) groups excluding carboxylic acids is 1. The van der Waals surface area contributed by atoms with Gasteiger partial charge in [0, 0.05) is 30.4 Å². The van der Waals surface area contributed by atoms with Crippen LogP contribution in [0.2, 0.25) is 0 Å². The minimum atomic E-state index is -3.86. The van der Waals surface area contributed by atoms with Crippen LogP contribution in [0.15, 0.2) is 53.6 Å². The van der Waals surface area contributed by atoms with Crippen molar-refractivity contribution in [1.82, 2.24) is 14.9 Å². The van der Waals surface area contributed by atoms with Gasteiger partial charge in [0.25, 0.3) is 15.9 Å². The number of benzene rings is 2. The molecule has 162 valence electrons. The molecule has 1 aliphatic rings. The number of imidazole rings is 1. The molecule has 1 aromatic heterocycles. The van der Waals surface area contributed by atoms with Crippen LogP contribution in [-0.2, 0) is 29.5 Å². The number of rotatable bonds is 6. The number of hydrogen-bond donors (Lipinski definition) is 2. The van der Waals surface area contributed by atoms with E-state index in [1.165, 1.54) is 31.2 Å². The van der Waals surface area contributed by atoms with Crippen LogP contribution in [0.3, 0.4) is 0 Å². The second-order valence-electron chi connectivity index (χ2n) is 7.58. The molecule has 9 heteroatoms. The maximum absolute atomic E-state index is 13.4. The van der Waals surface area contributed by atoms with E-state index in [4.69, 9.17) is 0 Å². The van der Waals surface area contributed by atoms with Crippen molar-refractivity contribution in [3.63, 3.8) is 0 Å². The standard InChI is InChI=1S/C22H23FN4O3S/c1-15-12-19(9-10-20(15)23)31(29,30)26-17-7-5-16(6-8-17)22(28)24-13-18-14-27-11-3-2-4-21(27)25-18/h5-10,12,14,26H,2-4,11,13H2,1H3,(H,24,28). The Bertz CT molecular complexity index is 1200. The lowest BCUT2D eigenvalue weighted by Gasteiger charge is -2.11. The molecule has 1 amide bonds. The molecule has 0 bridgehead atoms. The van der Waals surface area contributed by atoms with Crippen molar-refractivity contribution in [3.8, 4) is 0 Å². The van der Waals surface area contributed by atoms with Crippen molar-refractivity contribution in [1.29, 1.82) is 0 Å². The highest BCUT2D eigenvalue weighted by atomic mass is 32.2. The van der Waals surface area contributed by atoms with Gasteiger partial charge in [-0.15, -0.1) is 0 Å². The zero-order chi connectivity index (χ0) is 22.0. The van der Waals surface area contributed by atoms with Gasteiger partial charge in [0.05, 0.1) is 17.1 Å². The zero-order valence-electron chi connectivity index (χ0n) is 17.1. The van der Waals surface area contributed by atoms with Gasteiger partial charge < -0.3 is 9.88 Å². The van der Waals surface area contributed by atoms with Crippen LogP contribution < -0.4 is 10.0 Å². The van der Waals surface area contributed by atoms with Crippen molar-refractivity contribution >= 4 is 21.6 Å². The number of carbonyl (C=O) groups is 1. The average Bonchev–Trinajstić information content (AvgIpc) is 3.17. The zero-order valence-corrected chi connectivity index (χ0v) is 17.9. The first kappa shape index (κ1) is 21.0. The molecule has 0 fully saturated rings. The highest BCUT2D eigenvalue weighted by molar-refractivity contribution is 7.92. The highest BCUT2D eigenvalue weighted by Crippen LogP contribution is 2.19. The largest absolute Gasteiger partial charge is 0.346 e. The summed E-state index contributed by atoms with van der Waals surface area (Å²) in [5.41, 5.74) is 1.78. The van der Waals surface area contributed by atoms with Gasteiger partial charge in [-0.05, 0) is 67.8 Å². The number of halogens is 1. The van der Waals surface area contributed by atoms with Crippen LogP contribution in [0.1, 0.15) is 40.3 Å². The van der Waals surface area contributed by atoms with Gasteiger partial charge >= 0.3 is 0 Å². The number of nitrogens with one attached hydrogen (secondary N) is 2. The van der Waals surface area contributed by atoms with Gasteiger partial charge in [-0.25, -0.2) is 17.8 Å². The van der Waals surface area contributed by atoms with Crippen LogP contribution in [0.4, 0.5) is 10.1 Å². The summed E-state index contributed by atoms with van der Waals surface area (Å²) in [6.07, 6.45) is 5.22. The van der Waals surface area contributed by atoms with Crippen LogP contribution in [0.25, 0.3) is 0 Å². The topological polar surface area (TPSA) is 93.1 Å². The van der Waals surface area contributed by atoms with Gasteiger partial charge in [-0.2, -0.15) is 0 Å². The molecule has 0 unspecified atom stereocenters. The molecule has 0 atom stereocenters. The number of sulfonamides is 1. The molecule has 2 N–H and O–H groups in total. The SMILES string of the molecule is Cc1cc(S(=O)(=O)Nc2ccc(C(=O)NCc3cn4c(n3)CCCC4)cc2)ccc1F. The maximum atomic E-state index is 13.4. The van der Waals surface area contributed by atoms with Crippen LogP contribution in [-0.4, -0.2) is 23.9 Å². The summed E-state index contributed by atoms with van der Waals surface area (Å²) in [6.45, 7) is 2.79. The molecule has 31 heavy (non-hydrogen) atoms. The average molecular weight is 443 g/mol. The van der Waals surface area contributed by atoms with Crippen molar-refractivity contribution in [2.24, 2.45) is 0 Å². The Balaban J connectivity index is 1.38. The summed E-state index contributed by atoms with van der Waals surface area (Å²) in [4.78, 5) is 17.0. The third kappa shape index (κ3) is 4.77. The van der Waals surface area contributed by atoms with E-state index in [0.717, 1.165) is 43.4 Å². The van der Waals surface area contributed by atoms with Gasteiger partial charge in [0.1, 0.15) is 11.6 Å². The fraction of sp³-hybridized carbons (Fsp3) is 0.273. The summed E-state index contributed by atoms with van der Waals surface area (Å²) in [6, 6.07) is 9.71. The Morgan fingerprint density at radius 1 is 1.16 bits per heavy atom. The molecule has 7 nitrogen and oxygen atoms in total. The number of amides is 1. The lowest BCUT2D eigenvalue weighted by Crippen LogP contribution is -2.23. The minimum absolute atomic E-state index is 0.0315. The van der Waals surface area contributed by atoms with Gasteiger partial charge in [-0.1, -0.05) is 0 Å². The van der Waals surface area contributed by atoms with E-state index in [2.05, 4.69) is 19.6 Å². The molecule has 0 aliphatic carbocycles. The number of nitrogens with zero attached hydrogens (tertiary/aromatic N) is 2. The molecule has 0 spiro atoms. The Kier molecular flexibility index (Phi) is 5.77. The quantitative estimate of drug-likeness (QED) is 0.612. The summed E-state index contributed by atoms with van der Waals surface area (Å²) < 4.78 is 43.0. The Morgan fingerprint density at radius 2 is 1.94 bits per heavy atom. The summed E-state index contributed by atoms with van der Waals surface area (Å²) in [7, 11) is -3.86. The number of anilines is 1. The van der Waals surface area contributed by atoms with Crippen molar-refractivity contribution in [2.75, 3.05) is 4.72 Å². The first-order valence-electron chi connectivity index (χ1n) is 10.0. The molecule has 4 rings (SSSR count). The summed E-state index contributed by atoms with van der Waals surface area (Å²) in [5.74, 6) is 0.322. The molecular formula is C22H23FN4O3S. The number of fused-ring (bicyclic) bond motifs is 1. The third-order valence-corrected chi connectivity index (χ3v) is 6.61. The van der Waals surface area contributed by atoms with Gasteiger partial charge in [0.15, 0.2) is 0 Å². The Labute approximate surface area is 180 Å². The van der Waals surface area contributed by atoms with Crippen LogP contribution in [0, 0.1) is 12.7 Å². The first-order chi connectivity index (χ1) is 14.8. The fourth-order valence-corrected chi connectivity index (χ4v) is 4.66. The summed E-state index contributed by atoms with van der Waals surface area (Å²) in [5, 5.41) is 2.84. The number of hydrogen-bond acceptors (Lipinski definition) is 4. The second kappa shape index (κ2) is 8.50. The van der Waals surface area contributed by atoms with E-state index in [1.54, 1.807) is 12.1 Å². The van der Waals surface area contributed by atoms with Crippen molar-refractivity contribution in [2.45, 2.75) is 44.2 Å². The van der Waals surface area contributed by atoms with E-state index in [-0.39, 0.29) is 16.4 Å². The fourth-order valence-electron chi connectivity index (χ4n) is 3.52. The molecule has 1 aliphatic heterocycles. The summed E-state index contributed by atoms with van der Waals surface area (Å²) >= 11 is 0. The first-order valence-corrected chi connectivity index (χ1v) is 11.5. The van der Waals surface area contributed by atoms with E-state index < -0.39 is 15.8 Å². The lowest BCUT2D eigenvalue weighted by molar-refractivity contribution is 0.0950. The minimum Gasteiger partial charge on any atom is -0.346 e. The lowest BCUT2D eigenvalue weighted by atomic mass is 10.2. The van der Waals surface area contributed by atoms with Crippen LogP contribution >= 0.6 is 0 Å². The second-order valence-corrected chi connectivity index (χ2v) is 9.26. The molecule has 2 heterocycles. The molecule has 0 radical (unpaired) electrons. The van der Waals surface area contributed by atoms with Gasteiger partial charge in [-0.3, -0.25) is 9.52 Å². The monoisotopic (exact) mass is 442 g/mol. The molecule has 0 saturated heterocycles. The van der Waals surface area contributed by atoms with E-state index >= 15 is 0 Å². The predicted molar refractivity (Wildman–Crippen MR) is 115 cm³/mol. The maximum Gasteiger partial charge on any atom is 0.261 e. The third-order valence-electron chi connectivity index (χ3n) is 5.23.